The molecule has 0 spiro atoms. The summed E-state index contributed by atoms with van der Waals surface area (Å²) in [6, 6.07) is 6.09. The molecular formula is C10H8O3. The van der Waals surface area contributed by atoms with Crippen LogP contribution in [0.2, 0.25) is 0 Å². The molecule has 2 aromatic rings. The number of rotatable bonds is 0. The fourth-order valence-corrected chi connectivity index (χ4v) is 1.28. The Labute approximate surface area is 74.2 Å². The van der Waals surface area contributed by atoms with Crippen LogP contribution >= 0.6 is 0 Å². The average Bonchev–Trinajstić information content (AvgIpc) is 2.12. The quantitative estimate of drug-likeness (QED) is 0.623. The van der Waals surface area contributed by atoms with Gasteiger partial charge in [0.15, 0.2) is 0 Å². The van der Waals surface area contributed by atoms with E-state index in [4.69, 9.17) is 4.42 Å². The summed E-state index contributed by atoms with van der Waals surface area (Å²) < 4.78 is 4.93. The number of fused-ring (bicyclic) bond motifs is 1. The molecule has 2 rings (SSSR count). The number of benzene rings is 1. The van der Waals surface area contributed by atoms with Crippen molar-refractivity contribution in [2.45, 2.75) is 6.92 Å². The van der Waals surface area contributed by atoms with Crippen molar-refractivity contribution in [3.8, 4) is 5.75 Å². The highest BCUT2D eigenvalue weighted by atomic mass is 16.4. The predicted octanol–water partition coefficient (Wildman–Crippen LogP) is 1.81. The summed E-state index contributed by atoms with van der Waals surface area (Å²) in [6.45, 7) is 1.78. The summed E-state index contributed by atoms with van der Waals surface area (Å²) in [5.41, 5.74) is 0.849. The minimum absolute atomic E-state index is 0.210. The maximum atomic E-state index is 10.9. The number of aromatic hydroxyl groups is 1. The van der Waals surface area contributed by atoms with Crippen molar-refractivity contribution < 1.29 is 9.52 Å². The van der Waals surface area contributed by atoms with Gasteiger partial charge in [0.2, 0.25) is 0 Å². The predicted molar refractivity (Wildman–Crippen MR) is 48.9 cm³/mol. The van der Waals surface area contributed by atoms with Crippen LogP contribution in [0.5, 0.6) is 5.75 Å². The van der Waals surface area contributed by atoms with Crippen LogP contribution in [0.3, 0.4) is 0 Å². The van der Waals surface area contributed by atoms with Crippen LogP contribution in [0.15, 0.2) is 33.5 Å². The Kier molecular flexibility index (Phi) is 1.59. The third-order valence-electron chi connectivity index (χ3n) is 2.04. The van der Waals surface area contributed by atoms with Crippen LogP contribution in [0, 0.1) is 6.92 Å². The van der Waals surface area contributed by atoms with E-state index in [0.717, 1.165) is 10.9 Å². The molecule has 0 unspecified atom stereocenters. The van der Waals surface area contributed by atoms with Crippen molar-refractivity contribution >= 4 is 11.0 Å². The van der Waals surface area contributed by atoms with Crippen molar-refractivity contribution in [3.05, 3.63) is 40.2 Å². The van der Waals surface area contributed by atoms with Crippen molar-refractivity contribution in [3.63, 3.8) is 0 Å². The number of aryl methyl sites for hydroxylation is 1. The molecule has 0 saturated carbocycles. The third kappa shape index (κ3) is 1.18. The van der Waals surface area contributed by atoms with Crippen LogP contribution < -0.4 is 5.63 Å². The Morgan fingerprint density at radius 2 is 2.00 bits per heavy atom. The van der Waals surface area contributed by atoms with Crippen molar-refractivity contribution in [1.82, 2.24) is 0 Å². The lowest BCUT2D eigenvalue weighted by Crippen LogP contribution is -1.94. The molecule has 0 aliphatic heterocycles. The van der Waals surface area contributed by atoms with Gasteiger partial charge in [0, 0.05) is 17.0 Å². The van der Waals surface area contributed by atoms with Crippen LogP contribution in [-0.2, 0) is 0 Å². The average molecular weight is 176 g/mol. The summed E-state index contributed by atoms with van der Waals surface area (Å²) in [7, 11) is 0. The Morgan fingerprint density at radius 1 is 1.23 bits per heavy atom. The second kappa shape index (κ2) is 2.62. The van der Waals surface area contributed by atoms with Gasteiger partial charge in [-0.3, -0.25) is 0 Å². The zero-order chi connectivity index (χ0) is 9.42. The monoisotopic (exact) mass is 176 g/mol. The zero-order valence-corrected chi connectivity index (χ0v) is 7.07. The molecule has 3 nitrogen and oxygen atoms in total. The van der Waals surface area contributed by atoms with Crippen LogP contribution in [-0.4, -0.2) is 5.11 Å². The second-order valence-electron chi connectivity index (χ2n) is 2.88. The van der Waals surface area contributed by atoms with E-state index in [0.29, 0.717) is 5.58 Å². The first-order valence-electron chi connectivity index (χ1n) is 3.91. The van der Waals surface area contributed by atoms with Crippen LogP contribution in [0.4, 0.5) is 0 Å². The van der Waals surface area contributed by atoms with E-state index in [1.165, 1.54) is 12.1 Å². The molecule has 0 aliphatic rings. The van der Waals surface area contributed by atoms with E-state index in [1.807, 2.05) is 0 Å². The molecule has 66 valence electrons. The van der Waals surface area contributed by atoms with E-state index >= 15 is 0 Å². The number of phenols is 1. The number of phenolic OH excluding ortho intramolecular Hbond substituents is 1. The van der Waals surface area contributed by atoms with Crippen molar-refractivity contribution in [1.29, 1.82) is 0 Å². The highest BCUT2D eigenvalue weighted by Crippen LogP contribution is 2.24. The molecule has 0 amide bonds. The highest BCUT2D eigenvalue weighted by molar-refractivity contribution is 5.82. The highest BCUT2D eigenvalue weighted by Gasteiger charge is 2.03. The van der Waals surface area contributed by atoms with E-state index < -0.39 is 0 Å². The Hall–Kier alpha value is -1.77. The summed E-state index contributed by atoms with van der Waals surface area (Å²) in [6.07, 6.45) is 0. The van der Waals surface area contributed by atoms with Gasteiger partial charge in [0.1, 0.15) is 11.3 Å². The molecule has 0 fully saturated rings. The molecule has 0 radical (unpaired) electrons. The minimum Gasteiger partial charge on any atom is -0.508 e. The molecule has 0 bridgehead atoms. The fraction of sp³-hybridized carbons (Fsp3) is 0.100. The number of hydrogen-bond acceptors (Lipinski definition) is 3. The molecule has 1 heterocycles. The molecule has 1 aromatic carbocycles. The van der Waals surface area contributed by atoms with E-state index in [2.05, 4.69) is 0 Å². The fourth-order valence-electron chi connectivity index (χ4n) is 1.28. The smallest absolute Gasteiger partial charge is 0.336 e. The maximum Gasteiger partial charge on any atom is 0.336 e. The first kappa shape index (κ1) is 7.86. The Bertz CT molecular complexity index is 511. The third-order valence-corrected chi connectivity index (χ3v) is 2.04. The van der Waals surface area contributed by atoms with E-state index in [1.54, 1.807) is 19.1 Å². The standard InChI is InChI=1S/C10H8O3/c1-6-7-2-5-10(12)13-9(7)4-3-8(6)11/h2-5,11H,1H3. The largest absolute Gasteiger partial charge is 0.508 e. The lowest BCUT2D eigenvalue weighted by molar-refractivity contribution is 0.471. The van der Waals surface area contributed by atoms with Gasteiger partial charge in [-0.05, 0) is 25.1 Å². The van der Waals surface area contributed by atoms with Gasteiger partial charge in [0.25, 0.3) is 0 Å². The topological polar surface area (TPSA) is 50.4 Å². The molecule has 0 atom stereocenters. The van der Waals surface area contributed by atoms with Crippen LogP contribution in [0.25, 0.3) is 11.0 Å². The summed E-state index contributed by atoms with van der Waals surface area (Å²) in [5.74, 6) is 0.210. The molecule has 3 heteroatoms. The lowest BCUT2D eigenvalue weighted by Gasteiger charge is -2.01. The van der Waals surface area contributed by atoms with Crippen molar-refractivity contribution in [2.24, 2.45) is 0 Å². The van der Waals surface area contributed by atoms with Crippen LogP contribution in [0.1, 0.15) is 5.56 Å². The first-order valence-corrected chi connectivity index (χ1v) is 3.91. The molecule has 1 N–H and O–H groups in total. The summed E-state index contributed by atoms with van der Waals surface area (Å²) in [5, 5.41) is 10.1. The normalized spacial score (nSPS) is 10.5. The zero-order valence-electron chi connectivity index (χ0n) is 7.07. The van der Waals surface area contributed by atoms with Gasteiger partial charge in [-0.2, -0.15) is 0 Å². The van der Waals surface area contributed by atoms with E-state index in [-0.39, 0.29) is 11.4 Å². The van der Waals surface area contributed by atoms with Crippen molar-refractivity contribution in [2.75, 3.05) is 0 Å². The molecule has 0 aliphatic carbocycles. The van der Waals surface area contributed by atoms with Gasteiger partial charge in [-0.25, -0.2) is 4.79 Å². The minimum atomic E-state index is -0.377. The molecule has 13 heavy (non-hydrogen) atoms. The summed E-state index contributed by atoms with van der Waals surface area (Å²) >= 11 is 0. The van der Waals surface area contributed by atoms with E-state index in [9.17, 15) is 9.90 Å². The van der Waals surface area contributed by atoms with Gasteiger partial charge in [-0.1, -0.05) is 0 Å². The summed E-state index contributed by atoms with van der Waals surface area (Å²) in [4.78, 5) is 10.9. The van der Waals surface area contributed by atoms with Gasteiger partial charge in [-0.15, -0.1) is 0 Å². The second-order valence-corrected chi connectivity index (χ2v) is 2.88. The van der Waals surface area contributed by atoms with Gasteiger partial charge in [0.05, 0.1) is 0 Å². The Morgan fingerprint density at radius 3 is 2.77 bits per heavy atom. The first-order chi connectivity index (χ1) is 6.18. The molecule has 1 aromatic heterocycles. The lowest BCUT2D eigenvalue weighted by atomic mass is 10.1. The molecule has 0 saturated heterocycles. The van der Waals surface area contributed by atoms with Gasteiger partial charge < -0.3 is 9.52 Å². The maximum absolute atomic E-state index is 10.9. The molecular weight excluding hydrogens is 168 g/mol. The SMILES string of the molecule is Cc1c(O)ccc2oc(=O)ccc12. The van der Waals surface area contributed by atoms with Gasteiger partial charge >= 0.3 is 5.63 Å². The Balaban J connectivity index is 2.95. The number of hydrogen-bond donors (Lipinski definition) is 1.